The number of carbonyl (C=O) groups is 1. The molecule has 6 nitrogen and oxygen atoms in total. The van der Waals surface area contributed by atoms with Crippen LogP contribution in [0.15, 0.2) is 36.4 Å². The lowest BCUT2D eigenvalue weighted by Gasteiger charge is -2.48. The van der Waals surface area contributed by atoms with Gasteiger partial charge in [0.05, 0.1) is 43.7 Å². The van der Waals surface area contributed by atoms with Crippen molar-refractivity contribution in [2.75, 3.05) is 38.3 Å². The van der Waals surface area contributed by atoms with E-state index in [9.17, 15) is 18.0 Å². The molecule has 0 aliphatic carbocycles. The summed E-state index contributed by atoms with van der Waals surface area (Å²) in [6.45, 7) is 7.04. The number of ether oxygens (including phenoxy) is 3. The zero-order chi connectivity index (χ0) is 26.3. The van der Waals surface area contributed by atoms with Gasteiger partial charge in [0.15, 0.2) is 0 Å². The Kier molecular flexibility index (Phi) is 7.10. The maximum absolute atomic E-state index is 15.3. The number of methoxy groups -OCH3 is 1. The van der Waals surface area contributed by atoms with Crippen molar-refractivity contribution in [3.63, 3.8) is 0 Å². The second-order valence-corrected chi connectivity index (χ2v) is 9.97. The highest BCUT2D eigenvalue weighted by atomic mass is 19.4. The molecule has 0 N–H and O–H groups in total. The average molecular weight is 511 g/mol. The molecule has 2 aliphatic rings. The van der Waals surface area contributed by atoms with Crippen molar-refractivity contribution in [1.29, 1.82) is 0 Å². The SMILES string of the molecule is COc1cc(-c2cccc(C(F)(F)F)c2)c(F)cc1N1CCOC2CN(C(=O)OC(C)(C)C)CCC21. The van der Waals surface area contributed by atoms with E-state index in [1.54, 1.807) is 25.7 Å². The van der Waals surface area contributed by atoms with Crippen molar-refractivity contribution in [2.24, 2.45) is 0 Å². The number of morpholine rings is 1. The van der Waals surface area contributed by atoms with E-state index in [0.717, 1.165) is 12.1 Å². The molecule has 0 bridgehead atoms. The van der Waals surface area contributed by atoms with Crippen molar-refractivity contribution in [2.45, 2.75) is 51.1 Å². The summed E-state index contributed by atoms with van der Waals surface area (Å²) in [7, 11) is 1.44. The van der Waals surface area contributed by atoms with Crippen LogP contribution >= 0.6 is 0 Å². The van der Waals surface area contributed by atoms with E-state index in [4.69, 9.17) is 14.2 Å². The Morgan fingerprint density at radius 2 is 1.86 bits per heavy atom. The van der Waals surface area contributed by atoms with Crippen molar-refractivity contribution in [3.05, 3.63) is 47.8 Å². The number of hydrogen-bond donors (Lipinski definition) is 0. The van der Waals surface area contributed by atoms with Gasteiger partial charge in [-0.25, -0.2) is 9.18 Å². The monoisotopic (exact) mass is 510 g/mol. The van der Waals surface area contributed by atoms with Crippen LogP contribution in [0.1, 0.15) is 32.8 Å². The Morgan fingerprint density at radius 1 is 1.11 bits per heavy atom. The molecule has 0 saturated carbocycles. The largest absolute Gasteiger partial charge is 0.495 e. The Bertz CT molecular complexity index is 1120. The third kappa shape index (κ3) is 5.53. The maximum Gasteiger partial charge on any atom is 0.416 e. The number of carbonyl (C=O) groups excluding carboxylic acids is 1. The highest BCUT2D eigenvalue weighted by molar-refractivity contribution is 5.73. The molecule has 1 amide bonds. The Labute approximate surface area is 207 Å². The molecule has 2 unspecified atom stereocenters. The maximum atomic E-state index is 15.3. The van der Waals surface area contributed by atoms with Crippen LogP contribution < -0.4 is 9.64 Å². The topological polar surface area (TPSA) is 51.2 Å². The third-order valence-corrected chi connectivity index (χ3v) is 6.32. The highest BCUT2D eigenvalue weighted by Crippen LogP contribution is 2.40. The molecule has 2 fully saturated rings. The zero-order valence-electron chi connectivity index (χ0n) is 20.7. The van der Waals surface area contributed by atoms with E-state index in [0.29, 0.717) is 44.1 Å². The van der Waals surface area contributed by atoms with Crippen LogP contribution in [0, 0.1) is 5.82 Å². The van der Waals surface area contributed by atoms with Gasteiger partial charge in [-0.05, 0) is 51.0 Å². The number of amides is 1. The quantitative estimate of drug-likeness (QED) is 0.494. The molecule has 0 radical (unpaired) electrons. The van der Waals surface area contributed by atoms with Gasteiger partial charge in [0.25, 0.3) is 0 Å². The van der Waals surface area contributed by atoms with Crippen LogP contribution in [-0.2, 0) is 15.7 Å². The van der Waals surface area contributed by atoms with Gasteiger partial charge in [-0.15, -0.1) is 0 Å². The first-order valence-electron chi connectivity index (χ1n) is 11.8. The second-order valence-electron chi connectivity index (χ2n) is 9.97. The third-order valence-electron chi connectivity index (χ3n) is 6.32. The van der Waals surface area contributed by atoms with Crippen LogP contribution in [0.4, 0.5) is 28.0 Å². The Hall–Kier alpha value is -3.01. The van der Waals surface area contributed by atoms with Gasteiger partial charge in [-0.3, -0.25) is 0 Å². The van der Waals surface area contributed by atoms with E-state index < -0.39 is 29.3 Å². The number of alkyl halides is 3. The van der Waals surface area contributed by atoms with Gasteiger partial charge < -0.3 is 24.0 Å². The van der Waals surface area contributed by atoms with Crippen LogP contribution in [0.2, 0.25) is 0 Å². The van der Waals surface area contributed by atoms with Gasteiger partial charge in [0.1, 0.15) is 17.2 Å². The first-order valence-corrected chi connectivity index (χ1v) is 11.8. The average Bonchev–Trinajstić information content (AvgIpc) is 2.81. The molecule has 2 aliphatic heterocycles. The van der Waals surface area contributed by atoms with Crippen LogP contribution in [0.3, 0.4) is 0 Å². The van der Waals surface area contributed by atoms with E-state index in [1.165, 1.54) is 31.4 Å². The molecular formula is C26H30F4N2O4. The van der Waals surface area contributed by atoms with Crippen molar-refractivity contribution in [1.82, 2.24) is 4.90 Å². The van der Waals surface area contributed by atoms with Gasteiger partial charge >= 0.3 is 12.3 Å². The molecule has 2 atom stereocenters. The minimum absolute atomic E-state index is 0.0197. The number of piperidine rings is 1. The lowest BCUT2D eigenvalue weighted by Crippen LogP contribution is -2.60. The molecule has 10 heteroatoms. The van der Waals surface area contributed by atoms with E-state index in [-0.39, 0.29) is 23.3 Å². The number of hydrogen-bond acceptors (Lipinski definition) is 5. The molecule has 0 spiro atoms. The number of nitrogens with zero attached hydrogens (tertiary/aromatic N) is 2. The van der Waals surface area contributed by atoms with Gasteiger partial charge in [-0.2, -0.15) is 13.2 Å². The molecule has 4 rings (SSSR count). The van der Waals surface area contributed by atoms with E-state index in [2.05, 4.69) is 0 Å². The summed E-state index contributed by atoms with van der Waals surface area (Å²) in [4.78, 5) is 16.2. The number of rotatable bonds is 3. The molecule has 2 aromatic carbocycles. The lowest BCUT2D eigenvalue weighted by molar-refractivity contribution is -0.137. The number of likely N-dealkylation sites (tertiary alicyclic amines) is 1. The predicted molar refractivity (Wildman–Crippen MR) is 127 cm³/mol. The minimum Gasteiger partial charge on any atom is -0.495 e. The fourth-order valence-electron chi connectivity index (χ4n) is 4.70. The van der Waals surface area contributed by atoms with Crippen LogP contribution in [0.5, 0.6) is 5.75 Å². The molecular weight excluding hydrogens is 480 g/mol. The summed E-state index contributed by atoms with van der Waals surface area (Å²) in [5.41, 5.74) is -0.839. The Balaban J connectivity index is 1.60. The van der Waals surface area contributed by atoms with Crippen LogP contribution in [0.25, 0.3) is 11.1 Å². The summed E-state index contributed by atoms with van der Waals surface area (Å²) in [5.74, 6) is -0.307. The van der Waals surface area contributed by atoms with Gasteiger partial charge in [0, 0.05) is 24.7 Å². The summed E-state index contributed by atoms with van der Waals surface area (Å²) in [5, 5.41) is 0. The molecule has 2 saturated heterocycles. The zero-order valence-corrected chi connectivity index (χ0v) is 20.7. The number of benzene rings is 2. The lowest BCUT2D eigenvalue weighted by atomic mass is 9.96. The minimum atomic E-state index is -4.53. The molecule has 196 valence electrons. The molecule has 0 aromatic heterocycles. The number of fused-ring (bicyclic) bond motifs is 1. The van der Waals surface area contributed by atoms with Crippen LogP contribution in [-0.4, -0.2) is 62.1 Å². The highest BCUT2D eigenvalue weighted by Gasteiger charge is 2.40. The van der Waals surface area contributed by atoms with E-state index >= 15 is 4.39 Å². The predicted octanol–water partition coefficient (Wildman–Crippen LogP) is 5.73. The fourth-order valence-corrected chi connectivity index (χ4v) is 4.70. The van der Waals surface area contributed by atoms with Gasteiger partial charge in [0.2, 0.25) is 0 Å². The molecule has 2 aromatic rings. The summed E-state index contributed by atoms with van der Waals surface area (Å²) >= 11 is 0. The first kappa shape index (κ1) is 26.1. The normalized spacial score (nSPS) is 20.7. The number of anilines is 1. The summed E-state index contributed by atoms with van der Waals surface area (Å²) in [6.07, 6.45) is -4.68. The smallest absolute Gasteiger partial charge is 0.416 e. The number of halogens is 4. The molecule has 2 heterocycles. The first-order chi connectivity index (χ1) is 16.9. The van der Waals surface area contributed by atoms with Crippen molar-refractivity contribution < 1.29 is 36.6 Å². The van der Waals surface area contributed by atoms with Gasteiger partial charge in [-0.1, -0.05) is 12.1 Å². The summed E-state index contributed by atoms with van der Waals surface area (Å²) < 4.78 is 71.9. The molecule has 36 heavy (non-hydrogen) atoms. The van der Waals surface area contributed by atoms with Crippen molar-refractivity contribution in [3.8, 4) is 16.9 Å². The second kappa shape index (κ2) is 9.80. The van der Waals surface area contributed by atoms with Crippen molar-refractivity contribution >= 4 is 11.8 Å². The summed E-state index contributed by atoms with van der Waals surface area (Å²) in [6, 6.07) is 7.16. The standard InChI is InChI=1S/C26H30F4N2O4/c1-25(2,3)36-24(33)31-9-8-20-23(15-31)35-11-10-32(20)21-14-19(27)18(13-22(21)34-4)16-6-5-7-17(12-16)26(28,29)30/h5-7,12-14,20,23H,8-11,15H2,1-4H3. The Morgan fingerprint density at radius 3 is 2.53 bits per heavy atom. The van der Waals surface area contributed by atoms with E-state index in [1.807, 2.05) is 4.90 Å². The fraction of sp³-hybridized carbons (Fsp3) is 0.500.